The average molecular weight is 538 g/mol. The van der Waals surface area contributed by atoms with Gasteiger partial charge < -0.3 is 19.1 Å². The normalized spacial score (nSPS) is 14.5. The number of thiazole rings is 1. The van der Waals surface area contributed by atoms with Crippen molar-refractivity contribution in [2.45, 2.75) is 13.5 Å². The molecule has 15 heteroatoms. The van der Waals surface area contributed by atoms with Gasteiger partial charge in [0.2, 0.25) is 5.91 Å². The zero-order valence-electron chi connectivity index (χ0n) is 19.3. The molecule has 0 saturated carbocycles. The van der Waals surface area contributed by atoms with E-state index in [4.69, 9.17) is 11.2 Å². The highest BCUT2D eigenvalue weighted by Crippen LogP contribution is 2.23. The molecule has 1 aliphatic heterocycles. The van der Waals surface area contributed by atoms with Gasteiger partial charge in [0.05, 0.1) is 28.3 Å². The van der Waals surface area contributed by atoms with Gasteiger partial charge in [-0.15, -0.1) is 6.42 Å². The lowest BCUT2D eigenvalue weighted by Crippen LogP contribution is -2.52. The van der Waals surface area contributed by atoms with Crippen molar-refractivity contribution in [3.63, 3.8) is 0 Å². The highest BCUT2D eigenvalue weighted by atomic mass is 32.2. The molecule has 0 spiro atoms. The summed E-state index contributed by atoms with van der Waals surface area (Å²) in [4.78, 5) is 53.9. The molecule has 1 saturated heterocycles. The number of nitro groups is 1. The maximum atomic E-state index is 12.5. The van der Waals surface area contributed by atoms with Gasteiger partial charge in [0, 0.05) is 38.3 Å². The lowest BCUT2D eigenvalue weighted by molar-refractivity contribution is -0.384. The zero-order valence-corrected chi connectivity index (χ0v) is 20.9. The van der Waals surface area contributed by atoms with E-state index in [-0.39, 0.29) is 49.8 Å². The van der Waals surface area contributed by atoms with E-state index >= 15 is 0 Å². The maximum absolute atomic E-state index is 12.5. The van der Waals surface area contributed by atoms with Crippen LogP contribution in [-0.2, 0) is 30.7 Å². The molecular weight excluding hydrogens is 514 g/mol. The first-order chi connectivity index (χ1) is 17.0. The molecule has 2 heterocycles. The number of carbonyl (C=O) groups is 3. The topological polar surface area (TPSA) is 161 Å². The molecule has 1 aromatic carbocycles. The van der Waals surface area contributed by atoms with E-state index < -0.39 is 44.2 Å². The van der Waals surface area contributed by atoms with Gasteiger partial charge in [-0.25, -0.2) is 13.2 Å². The number of hydrogen-bond donors (Lipinski definition) is 0. The molecule has 0 aliphatic carbocycles. The molecule has 3 rings (SSSR count). The predicted molar refractivity (Wildman–Crippen MR) is 130 cm³/mol. The summed E-state index contributed by atoms with van der Waals surface area (Å²) in [7, 11) is -4.14. The number of fused-ring (bicyclic) bond motifs is 1. The Morgan fingerprint density at radius 3 is 2.47 bits per heavy atom. The molecule has 3 amide bonds. The molecule has 0 unspecified atom stereocenters. The van der Waals surface area contributed by atoms with Gasteiger partial charge in [-0.2, -0.15) is 4.99 Å². The van der Waals surface area contributed by atoms with Crippen LogP contribution in [0, 0.1) is 22.5 Å². The van der Waals surface area contributed by atoms with E-state index in [9.17, 15) is 32.9 Å². The van der Waals surface area contributed by atoms with Crippen molar-refractivity contribution >= 4 is 55.0 Å². The minimum absolute atomic E-state index is 0.00688. The largest absolute Gasteiger partial charge is 0.450 e. The van der Waals surface area contributed by atoms with Crippen molar-refractivity contribution < 1.29 is 32.5 Å². The standard InChI is InChI=1S/C21H23N5O8S2/c1-3-7-25-16-6-5-15(26(30)31)12-17(16)35-20(25)22-18(27)13-36(32,33)14-19(28)23-8-10-24(11-9-23)21(29)34-4-2/h1,5-6,12H,4,7-11,13-14H2,2H3. The SMILES string of the molecule is C#CCn1c(=NC(=O)CS(=O)(=O)CC(=O)N2CCN(C(=O)OCC)CC2)sc2cc([N+](=O)[O-])ccc21. The Morgan fingerprint density at radius 2 is 1.86 bits per heavy atom. The number of nitrogens with zero attached hydrogens (tertiary/aromatic N) is 5. The smallest absolute Gasteiger partial charge is 0.409 e. The molecule has 1 fully saturated rings. The van der Waals surface area contributed by atoms with E-state index in [1.165, 1.54) is 32.6 Å². The number of amides is 3. The van der Waals surface area contributed by atoms with Gasteiger partial charge in [0.25, 0.3) is 11.6 Å². The van der Waals surface area contributed by atoms with Gasteiger partial charge in [0.1, 0.15) is 11.5 Å². The third-order valence-corrected chi connectivity index (χ3v) is 7.61. The van der Waals surface area contributed by atoms with Gasteiger partial charge in [-0.3, -0.25) is 19.7 Å². The van der Waals surface area contributed by atoms with Gasteiger partial charge >= 0.3 is 6.09 Å². The molecule has 0 atom stereocenters. The summed E-state index contributed by atoms with van der Waals surface area (Å²) in [5.41, 5.74) is 0.355. The Hall–Kier alpha value is -3.77. The van der Waals surface area contributed by atoms with Crippen LogP contribution in [0.25, 0.3) is 10.2 Å². The van der Waals surface area contributed by atoms with Gasteiger partial charge in [0.15, 0.2) is 14.6 Å². The Bertz CT molecular complexity index is 1410. The lowest BCUT2D eigenvalue weighted by Gasteiger charge is -2.34. The van der Waals surface area contributed by atoms with E-state index in [0.29, 0.717) is 10.2 Å². The van der Waals surface area contributed by atoms with Crippen molar-refractivity contribution in [2.24, 2.45) is 4.99 Å². The number of sulfone groups is 1. The molecule has 36 heavy (non-hydrogen) atoms. The molecule has 13 nitrogen and oxygen atoms in total. The highest BCUT2D eigenvalue weighted by Gasteiger charge is 2.28. The number of rotatable bonds is 7. The van der Waals surface area contributed by atoms with Gasteiger partial charge in [-0.05, 0) is 13.0 Å². The number of hydrogen-bond acceptors (Lipinski definition) is 9. The second-order valence-electron chi connectivity index (χ2n) is 7.69. The summed E-state index contributed by atoms with van der Waals surface area (Å²) in [6.07, 6.45) is 4.89. The van der Waals surface area contributed by atoms with Crippen LogP contribution in [0.5, 0.6) is 0 Å². The summed E-state index contributed by atoms with van der Waals surface area (Å²) < 4.78 is 31.9. The Kier molecular flexibility index (Phi) is 8.43. The second-order valence-corrected chi connectivity index (χ2v) is 10.8. The zero-order chi connectivity index (χ0) is 26.5. The van der Waals surface area contributed by atoms with Crippen LogP contribution < -0.4 is 4.80 Å². The minimum atomic E-state index is -4.14. The van der Waals surface area contributed by atoms with Crippen LogP contribution in [0.3, 0.4) is 0 Å². The molecule has 0 N–H and O–H groups in total. The van der Waals surface area contributed by atoms with E-state index in [2.05, 4.69) is 10.9 Å². The maximum Gasteiger partial charge on any atom is 0.409 e. The average Bonchev–Trinajstić information content (AvgIpc) is 3.14. The Balaban J connectivity index is 1.70. The fraction of sp³-hybridized carbons (Fsp3) is 0.429. The van der Waals surface area contributed by atoms with Crippen molar-refractivity contribution in [1.29, 1.82) is 0 Å². The summed E-state index contributed by atoms with van der Waals surface area (Å²) in [5, 5.41) is 11.0. The third kappa shape index (κ3) is 6.46. The molecule has 1 aromatic heterocycles. The van der Waals surface area contributed by atoms with E-state index in [1.54, 1.807) is 6.92 Å². The number of carbonyl (C=O) groups excluding carboxylic acids is 3. The van der Waals surface area contributed by atoms with Crippen LogP contribution in [-0.4, -0.2) is 89.9 Å². The Morgan fingerprint density at radius 1 is 1.19 bits per heavy atom. The first-order valence-electron chi connectivity index (χ1n) is 10.7. The number of nitro benzene ring substituents is 1. The molecule has 192 valence electrons. The number of benzene rings is 1. The number of piperazine rings is 1. The number of ether oxygens (including phenoxy) is 1. The minimum Gasteiger partial charge on any atom is -0.450 e. The van der Waals surface area contributed by atoms with Crippen molar-refractivity contribution in [2.75, 3.05) is 44.3 Å². The highest BCUT2D eigenvalue weighted by molar-refractivity contribution is 7.92. The molecule has 2 aromatic rings. The third-order valence-electron chi connectivity index (χ3n) is 5.19. The first kappa shape index (κ1) is 26.8. The van der Waals surface area contributed by atoms with Crippen LogP contribution in [0.15, 0.2) is 23.2 Å². The second kappa shape index (κ2) is 11.3. The van der Waals surface area contributed by atoms with Crippen molar-refractivity contribution in [3.05, 3.63) is 33.1 Å². The lowest BCUT2D eigenvalue weighted by atomic mass is 10.3. The fourth-order valence-corrected chi connectivity index (χ4v) is 5.70. The van der Waals surface area contributed by atoms with E-state index in [1.807, 2.05) is 0 Å². The molecular formula is C21H23N5O8S2. The summed E-state index contributed by atoms with van der Waals surface area (Å²) >= 11 is 0.955. The number of terminal acetylenes is 1. The molecule has 0 radical (unpaired) electrons. The van der Waals surface area contributed by atoms with Crippen molar-refractivity contribution in [1.82, 2.24) is 14.4 Å². The van der Waals surface area contributed by atoms with Crippen LogP contribution in [0.4, 0.5) is 10.5 Å². The molecule has 0 bridgehead atoms. The van der Waals surface area contributed by atoms with Crippen LogP contribution in [0.1, 0.15) is 6.92 Å². The van der Waals surface area contributed by atoms with Crippen molar-refractivity contribution in [3.8, 4) is 12.3 Å². The monoisotopic (exact) mass is 537 g/mol. The summed E-state index contributed by atoms with van der Waals surface area (Å²) in [6.45, 7) is 2.61. The Labute approximate surface area is 210 Å². The van der Waals surface area contributed by atoms with Gasteiger partial charge in [-0.1, -0.05) is 17.3 Å². The summed E-state index contributed by atoms with van der Waals surface area (Å²) in [6, 6.07) is 4.08. The summed E-state index contributed by atoms with van der Waals surface area (Å²) in [5.74, 6) is -1.14. The van der Waals surface area contributed by atoms with Crippen LogP contribution in [0.2, 0.25) is 0 Å². The first-order valence-corrected chi connectivity index (χ1v) is 13.4. The van der Waals surface area contributed by atoms with E-state index in [0.717, 1.165) is 11.3 Å². The van der Waals surface area contributed by atoms with Crippen LogP contribution >= 0.6 is 11.3 Å². The number of aromatic nitrogens is 1. The fourth-order valence-electron chi connectivity index (χ4n) is 3.52. The number of non-ortho nitro benzene ring substituents is 1. The molecule has 1 aliphatic rings. The quantitative estimate of drug-likeness (QED) is 0.278. The predicted octanol–water partition coefficient (Wildman–Crippen LogP) is 0.387.